The second-order valence-corrected chi connectivity index (χ2v) is 13.5. The zero-order valence-electron chi connectivity index (χ0n) is 14.7. The van der Waals surface area contributed by atoms with Gasteiger partial charge in [-0.2, -0.15) is 0 Å². The van der Waals surface area contributed by atoms with E-state index in [1.54, 1.807) is 6.08 Å². The van der Waals surface area contributed by atoms with Gasteiger partial charge in [-0.05, 0) is 42.3 Å². The van der Waals surface area contributed by atoms with Crippen molar-refractivity contribution >= 4 is 8.32 Å². The minimum absolute atomic E-state index is 0.179. The van der Waals surface area contributed by atoms with E-state index in [2.05, 4.69) is 61.2 Å². The zero-order valence-corrected chi connectivity index (χ0v) is 15.7. The lowest BCUT2D eigenvalue weighted by molar-refractivity contribution is -0.124. The SMILES string of the molecule is C=C[C@]1(O)[C@@H](C)C[C@@H](O[Si](C)(C)C(C)(C)C)CC1(C)C. The van der Waals surface area contributed by atoms with Crippen molar-refractivity contribution in [1.82, 2.24) is 0 Å². The molecule has 1 fully saturated rings. The molecule has 0 bridgehead atoms. The summed E-state index contributed by atoms with van der Waals surface area (Å²) in [6.07, 6.45) is 3.80. The van der Waals surface area contributed by atoms with Crippen LogP contribution in [0.5, 0.6) is 0 Å². The molecule has 0 unspecified atom stereocenters. The molecule has 1 aliphatic rings. The monoisotopic (exact) mass is 298 g/mol. The average Bonchev–Trinajstić information content (AvgIpc) is 2.22. The smallest absolute Gasteiger partial charge is 0.192 e. The Morgan fingerprint density at radius 3 is 2.15 bits per heavy atom. The van der Waals surface area contributed by atoms with Crippen LogP contribution in [0.1, 0.15) is 54.4 Å². The summed E-state index contributed by atoms with van der Waals surface area (Å²) in [5.74, 6) is 0.179. The lowest BCUT2D eigenvalue weighted by Gasteiger charge is -2.53. The molecule has 0 amide bonds. The fraction of sp³-hybridized carbons (Fsp3) is 0.882. The summed E-state index contributed by atoms with van der Waals surface area (Å²) < 4.78 is 6.58. The predicted molar refractivity (Wildman–Crippen MR) is 89.4 cm³/mol. The molecule has 2 nitrogen and oxygen atoms in total. The van der Waals surface area contributed by atoms with Crippen LogP contribution < -0.4 is 0 Å². The minimum atomic E-state index is -1.75. The van der Waals surface area contributed by atoms with Gasteiger partial charge < -0.3 is 9.53 Å². The van der Waals surface area contributed by atoms with Crippen LogP contribution in [0.25, 0.3) is 0 Å². The molecule has 0 radical (unpaired) electrons. The number of aliphatic hydroxyl groups is 1. The minimum Gasteiger partial charge on any atom is -0.414 e. The zero-order chi connectivity index (χ0) is 16.0. The molecule has 0 heterocycles. The van der Waals surface area contributed by atoms with Crippen molar-refractivity contribution in [2.24, 2.45) is 11.3 Å². The Balaban J connectivity index is 2.92. The fourth-order valence-electron chi connectivity index (χ4n) is 3.22. The molecule has 0 aromatic rings. The summed E-state index contributed by atoms with van der Waals surface area (Å²) in [6, 6.07) is 0. The van der Waals surface area contributed by atoms with Gasteiger partial charge in [0.1, 0.15) is 0 Å². The molecular formula is C17H34O2Si. The molecule has 3 atom stereocenters. The normalized spacial score (nSPS) is 34.9. The Kier molecular flexibility index (Phi) is 4.71. The van der Waals surface area contributed by atoms with Gasteiger partial charge in [0.05, 0.1) is 5.60 Å². The lowest BCUT2D eigenvalue weighted by Crippen LogP contribution is -2.56. The molecule has 0 aromatic heterocycles. The summed E-state index contributed by atoms with van der Waals surface area (Å²) in [7, 11) is -1.75. The van der Waals surface area contributed by atoms with E-state index >= 15 is 0 Å². The highest BCUT2D eigenvalue weighted by atomic mass is 28.4. The van der Waals surface area contributed by atoms with Crippen LogP contribution in [-0.4, -0.2) is 25.1 Å². The van der Waals surface area contributed by atoms with Gasteiger partial charge in [-0.15, -0.1) is 6.58 Å². The number of rotatable bonds is 3. The van der Waals surface area contributed by atoms with E-state index < -0.39 is 13.9 Å². The van der Waals surface area contributed by atoms with Gasteiger partial charge in [-0.1, -0.05) is 47.6 Å². The fourth-order valence-corrected chi connectivity index (χ4v) is 4.58. The van der Waals surface area contributed by atoms with Gasteiger partial charge in [0.2, 0.25) is 0 Å². The van der Waals surface area contributed by atoms with Crippen LogP contribution in [0.4, 0.5) is 0 Å². The van der Waals surface area contributed by atoms with Gasteiger partial charge in [0, 0.05) is 6.10 Å². The van der Waals surface area contributed by atoms with Crippen molar-refractivity contribution < 1.29 is 9.53 Å². The summed E-state index contributed by atoms with van der Waals surface area (Å²) in [5, 5.41) is 11.1. The first-order chi connectivity index (χ1) is 8.77. The Morgan fingerprint density at radius 1 is 1.30 bits per heavy atom. The van der Waals surface area contributed by atoms with Crippen LogP contribution >= 0.6 is 0 Å². The number of hydrogen-bond donors (Lipinski definition) is 1. The van der Waals surface area contributed by atoms with Crippen molar-refractivity contribution in [3.05, 3.63) is 12.7 Å². The molecular weight excluding hydrogens is 264 g/mol. The average molecular weight is 299 g/mol. The van der Waals surface area contributed by atoms with Crippen molar-refractivity contribution in [3.63, 3.8) is 0 Å². The van der Waals surface area contributed by atoms with E-state index in [4.69, 9.17) is 4.43 Å². The predicted octanol–water partition coefficient (Wildman–Crippen LogP) is 4.75. The molecule has 1 saturated carbocycles. The first kappa shape index (κ1) is 17.9. The van der Waals surface area contributed by atoms with Gasteiger partial charge in [0.15, 0.2) is 8.32 Å². The summed E-state index contributed by atoms with van der Waals surface area (Å²) in [6.45, 7) is 21.7. The summed E-state index contributed by atoms with van der Waals surface area (Å²) in [5.41, 5.74) is -0.986. The molecule has 1 N–H and O–H groups in total. The van der Waals surface area contributed by atoms with Crippen LogP contribution in [0.15, 0.2) is 12.7 Å². The topological polar surface area (TPSA) is 29.5 Å². The van der Waals surface area contributed by atoms with E-state index in [1.165, 1.54) is 0 Å². The second kappa shape index (κ2) is 5.26. The van der Waals surface area contributed by atoms with Crippen molar-refractivity contribution in [1.29, 1.82) is 0 Å². The molecule has 0 spiro atoms. The molecule has 1 aliphatic carbocycles. The second-order valence-electron chi connectivity index (χ2n) is 8.75. The highest BCUT2D eigenvalue weighted by Crippen LogP contribution is 2.50. The van der Waals surface area contributed by atoms with Crippen molar-refractivity contribution in [2.75, 3.05) is 0 Å². The largest absolute Gasteiger partial charge is 0.414 e. The quantitative estimate of drug-likeness (QED) is 0.602. The van der Waals surface area contributed by atoms with Gasteiger partial charge in [-0.25, -0.2) is 0 Å². The van der Waals surface area contributed by atoms with Crippen LogP contribution in [0, 0.1) is 11.3 Å². The van der Waals surface area contributed by atoms with E-state index in [0.717, 1.165) is 12.8 Å². The van der Waals surface area contributed by atoms with E-state index in [-0.39, 0.29) is 22.5 Å². The third kappa shape index (κ3) is 3.05. The summed E-state index contributed by atoms with van der Waals surface area (Å²) in [4.78, 5) is 0. The van der Waals surface area contributed by atoms with Gasteiger partial charge in [-0.3, -0.25) is 0 Å². The molecule has 0 saturated heterocycles. The third-order valence-electron chi connectivity index (χ3n) is 5.77. The maximum Gasteiger partial charge on any atom is 0.192 e. The molecule has 20 heavy (non-hydrogen) atoms. The van der Waals surface area contributed by atoms with Crippen LogP contribution in [0.3, 0.4) is 0 Å². The van der Waals surface area contributed by atoms with E-state index in [0.29, 0.717) is 0 Å². The third-order valence-corrected chi connectivity index (χ3v) is 10.3. The maximum atomic E-state index is 10.9. The first-order valence-corrected chi connectivity index (χ1v) is 10.7. The Hall–Kier alpha value is -0.123. The molecule has 0 aliphatic heterocycles. The first-order valence-electron chi connectivity index (χ1n) is 7.80. The molecule has 0 aromatic carbocycles. The Morgan fingerprint density at radius 2 is 1.80 bits per heavy atom. The van der Waals surface area contributed by atoms with E-state index in [9.17, 15) is 5.11 Å². The van der Waals surface area contributed by atoms with E-state index in [1.807, 2.05) is 0 Å². The Labute approximate surface area is 126 Å². The molecule has 1 rings (SSSR count). The van der Waals surface area contributed by atoms with Gasteiger partial charge >= 0.3 is 0 Å². The van der Waals surface area contributed by atoms with Crippen molar-refractivity contribution in [3.8, 4) is 0 Å². The number of hydrogen-bond acceptors (Lipinski definition) is 2. The highest BCUT2D eigenvalue weighted by molar-refractivity contribution is 6.74. The molecule has 118 valence electrons. The Bertz CT molecular complexity index is 368. The van der Waals surface area contributed by atoms with Crippen LogP contribution in [-0.2, 0) is 4.43 Å². The highest BCUT2D eigenvalue weighted by Gasteiger charge is 2.52. The maximum absolute atomic E-state index is 10.9. The summed E-state index contributed by atoms with van der Waals surface area (Å²) >= 11 is 0. The lowest BCUT2D eigenvalue weighted by atomic mass is 9.60. The van der Waals surface area contributed by atoms with Gasteiger partial charge in [0.25, 0.3) is 0 Å². The van der Waals surface area contributed by atoms with Crippen LogP contribution in [0.2, 0.25) is 18.1 Å². The van der Waals surface area contributed by atoms with Crippen molar-refractivity contribution in [2.45, 2.75) is 84.2 Å². The standard InChI is InChI=1S/C17H34O2Si/c1-10-17(18)13(2)11-14(12-16(17,6)7)19-20(8,9)15(3,4)5/h10,13-14,18H,1,11-12H2,2-9H3/t13-,14+,17-/m0/s1. The molecule has 3 heteroatoms.